The maximum atomic E-state index is 12.8. The van der Waals surface area contributed by atoms with Gasteiger partial charge in [0.05, 0.1) is 11.1 Å². The number of benzene rings is 2. The van der Waals surface area contributed by atoms with Crippen molar-refractivity contribution in [2.75, 3.05) is 7.05 Å². The van der Waals surface area contributed by atoms with Gasteiger partial charge in [0.25, 0.3) is 5.91 Å². The molecule has 0 bridgehead atoms. The van der Waals surface area contributed by atoms with Gasteiger partial charge in [-0.05, 0) is 35.9 Å². The Morgan fingerprint density at radius 3 is 2.46 bits per heavy atom. The minimum atomic E-state index is -4.36. The number of halogens is 3. The molecule has 28 heavy (non-hydrogen) atoms. The van der Waals surface area contributed by atoms with Gasteiger partial charge in [0.15, 0.2) is 5.65 Å². The highest BCUT2D eigenvalue weighted by molar-refractivity contribution is 6.09. The summed E-state index contributed by atoms with van der Waals surface area (Å²) in [6.45, 7) is 0.370. The molecular formula is C20H17F3N4O. The number of aryl methyl sites for hydroxylation is 1. The number of carbonyl (C=O) groups is 1. The molecule has 2 aromatic heterocycles. The quantitative estimate of drug-likeness (QED) is 0.580. The molecule has 0 spiro atoms. The van der Waals surface area contributed by atoms with Crippen LogP contribution in [0.3, 0.4) is 0 Å². The molecule has 0 radical (unpaired) electrons. The van der Waals surface area contributed by atoms with Crippen LogP contribution in [0.15, 0.2) is 48.7 Å². The van der Waals surface area contributed by atoms with Gasteiger partial charge < -0.3 is 9.88 Å². The number of hydrogen-bond acceptors (Lipinski definition) is 2. The standard InChI is InChI=1S/C20H17F3N4O/c1-24-19(28)13-5-8-17-15(9-13)16-11-26(2)25-18(16)27(17)10-12-3-6-14(7-4-12)20(21,22)23/h3-9,11H,10H2,1-2H3,(H,24,28). The molecule has 5 nitrogen and oxygen atoms in total. The molecule has 0 fully saturated rings. The van der Waals surface area contributed by atoms with Gasteiger partial charge in [-0.25, -0.2) is 0 Å². The highest BCUT2D eigenvalue weighted by Gasteiger charge is 2.30. The van der Waals surface area contributed by atoms with Crippen molar-refractivity contribution in [1.82, 2.24) is 19.7 Å². The first-order valence-electron chi connectivity index (χ1n) is 8.62. The lowest BCUT2D eigenvalue weighted by atomic mass is 10.1. The lowest BCUT2D eigenvalue weighted by molar-refractivity contribution is -0.137. The number of aromatic nitrogens is 3. The summed E-state index contributed by atoms with van der Waals surface area (Å²) < 4.78 is 42.0. The maximum Gasteiger partial charge on any atom is 0.416 e. The molecule has 0 aliphatic rings. The summed E-state index contributed by atoms with van der Waals surface area (Å²) in [5.41, 5.74) is 2.17. The van der Waals surface area contributed by atoms with Gasteiger partial charge in [0, 0.05) is 43.2 Å². The van der Waals surface area contributed by atoms with E-state index in [4.69, 9.17) is 0 Å². The van der Waals surface area contributed by atoms with Crippen molar-refractivity contribution in [3.05, 3.63) is 65.4 Å². The van der Waals surface area contributed by atoms with E-state index in [0.717, 1.165) is 34.0 Å². The third-order valence-corrected chi connectivity index (χ3v) is 4.75. The second-order valence-corrected chi connectivity index (χ2v) is 6.63. The van der Waals surface area contributed by atoms with Crippen LogP contribution >= 0.6 is 0 Å². The molecule has 144 valence electrons. The molecule has 0 saturated carbocycles. The van der Waals surface area contributed by atoms with Crippen molar-refractivity contribution in [1.29, 1.82) is 0 Å². The van der Waals surface area contributed by atoms with Crippen molar-refractivity contribution in [2.24, 2.45) is 7.05 Å². The fourth-order valence-electron chi connectivity index (χ4n) is 3.39. The van der Waals surface area contributed by atoms with Gasteiger partial charge in [-0.3, -0.25) is 9.48 Å². The monoisotopic (exact) mass is 386 g/mol. The summed E-state index contributed by atoms with van der Waals surface area (Å²) in [7, 11) is 3.37. The first kappa shape index (κ1) is 18.1. The van der Waals surface area contributed by atoms with Gasteiger partial charge >= 0.3 is 6.18 Å². The van der Waals surface area contributed by atoms with Gasteiger partial charge in [-0.1, -0.05) is 12.1 Å². The van der Waals surface area contributed by atoms with Crippen molar-refractivity contribution < 1.29 is 18.0 Å². The molecule has 1 amide bonds. The van der Waals surface area contributed by atoms with Gasteiger partial charge in [-0.15, -0.1) is 0 Å². The summed E-state index contributed by atoms with van der Waals surface area (Å²) >= 11 is 0. The fourth-order valence-corrected chi connectivity index (χ4v) is 3.39. The lowest BCUT2D eigenvalue weighted by Crippen LogP contribution is -2.17. The molecule has 2 heterocycles. The fraction of sp³-hybridized carbons (Fsp3) is 0.200. The van der Waals surface area contributed by atoms with E-state index >= 15 is 0 Å². The number of nitrogens with zero attached hydrogens (tertiary/aromatic N) is 3. The van der Waals surface area contributed by atoms with E-state index in [1.54, 1.807) is 30.9 Å². The Morgan fingerprint density at radius 2 is 1.82 bits per heavy atom. The first-order valence-corrected chi connectivity index (χ1v) is 8.62. The summed E-state index contributed by atoms with van der Waals surface area (Å²) in [6.07, 6.45) is -2.49. The summed E-state index contributed by atoms with van der Waals surface area (Å²) in [5.74, 6) is -0.186. The number of hydrogen-bond donors (Lipinski definition) is 1. The van der Waals surface area contributed by atoms with E-state index in [0.29, 0.717) is 17.8 Å². The highest BCUT2D eigenvalue weighted by atomic mass is 19.4. The molecular weight excluding hydrogens is 369 g/mol. The molecule has 4 aromatic rings. The van der Waals surface area contributed by atoms with Gasteiger partial charge in [0.2, 0.25) is 0 Å². The number of nitrogens with one attached hydrogen (secondary N) is 1. The Kier molecular flexibility index (Phi) is 4.14. The predicted molar refractivity (Wildman–Crippen MR) is 100 cm³/mol. The topological polar surface area (TPSA) is 51.9 Å². The molecule has 4 rings (SSSR count). The number of fused-ring (bicyclic) bond motifs is 3. The largest absolute Gasteiger partial charge is 0.416 e. The predicted octanol–water partition coefficient (Wildman–Crippen LogP) is 3.95. The van der Waals surface area contributed by atoms with E-state index in [-0.39, 0.29) is 5.91 Å². The molecule has 0 aliphatic heterocycles. The van der Waals surface area contributed by atoms with Crippen LogP contribution in [0.1, 0.15) is 21.5 Å². The zero-order valence-electron chi connectivity index (χ0n) is 15.2. The van der Waals surface area contributed by atoms with E-state index < -0.39 is 11.7 Å². The van der Waals surface area contributed by atoms with Crippen molar-refractivity contribution >= 4 is 27.8 Å². The van der Waals surface area contributed by atoms with Crippen LogP contribution < -0.4 is 5.32 Å². The van der Waals surface area contributed by atoms with Crippen molar-refractivity contribution in [3.63, 3.8) is 0 Å². The molecule has 1 N–H and O–H groups in total. The number of rotatable bonds is 3. The molecule has 0 aliphatic carbocycles. The summed E-state index contributed by atoms with van der Waals surface area (Å²) in [4.78, 5) is 12.0. The summed E-state index contributed by atoms with van der Waals surface area (Å²) in [5, 5.41) is 8.86. The SMILES string of the molecule is CNC(=O)c1ccc2c(c1)c1cn(C)nc1n2Cc1ccc(C(F)(F)F)cc1. The smallest absolute Gasteiger partial charge is 0.355 e. The van der Waals surface area contributed by atoms with Crippen LogP contribution in [0.2, 0.25) is 0 Å². The lowest BCUT2D eigenvalue weighted by Gasteiger charge is -2.10. The second kappa shape index (κ2) is 6.40. The van der Waals surface area contributed by atoms with Crippen LogP contribution in [-0.2, 0) is 19.8 Å². The van der Waals surface area contributed by atoms with Crippen molar-refractivity contribution in [2.45, 2.75) is 12.7 Å². The third-order valence-electron chi connectivity index (χ3n) is 4.75. The Bertz CT molecular complexity index is 1190. The first-order chi connectivity index (χ1) is 13.3. The molecule has 0 saturated heterocycles. The van der Waals surface area contributed by atoms with E-state index in [1.807, 2.05) is 16.8 Å². The Morgan fingerprint density at radius 1 is 1.11 bits per heavy atom. The van der Waals surface area contributed by atoms with Crippen LogP contribution in [0.25, 0.3) is 21.9 Å². The normalized spacial score (nSPS) is 12.0. The molecule has 0 atom stereocenters. The minimum absolute atomic E-state index is 0.186. The number of alkyl halides is 3. The molecule has 8 heteroatoms. The zero-order chi connectivity index (χ0) is 20.1. The van der Waals surface area contributed by atoms with Crippen LogP contribution in [0.4, 0.5) is 13.2 Å². The maximum absolute atomic E-state index is 12.8. The zero-order valence-corrected chi connectivity index (χ0v) is 15.2. The minimum Gasteiger partial charge on any atom is -0.355 e. The van der Waals surface area contributed by atoms with E-state index in [1.165, 1.54) is 12.1 Å². The van der Waals surface area contributed by atoms with Crippen LogP contribution in [-0.4, -0.2) is 27.3 Å². The number of carbonyl (C=O) groups excluding carboxylic acids is 1. The molecule has 0 unspecified atom stereocenters. The van der Waals surface area contributed by atoms with Gasteiger partial charge in [-0.2, -0.15) is 18.3 Å². The third kappa shape index (κ3) is 3.00. The Hall–Kier alpha value is -3.29. The van der Waals surface area contributed by atoms with E-state index in [9.17, 15) is 18.0 Å². The highest BCUT2D eigenvalue weighted by Crippen LogP contribution is 2.31. The van der Waals surface area contributed by atoms with Crippen LogP contribution in [0.5, 0.6) is 0 Å². The average Bonchev–Trinajstić information content (AvgIpc) is 3.17. The van der Waals surface area contributed by atoms with E-state index in [2.05, 4.69) is 10.4 Å². The second-order valence-electron chi connectivity index (χ2n) is 6.63. The average molecular weight is 386 g/mol. The Labute approximate surface area is 158 Å². The Balaban J connectivity index is 1.82. The van der Waals surface area contributed by atoms with Gasteiger partial charge in [0.1, 0.15) is 0 Å². The van der Waals surface area contributed by atoms with Crippen molar-refractivity contribution in [3.8, 4) is 0 Å². The number of amides is 1. The van der Waals surface area contributed by atoms with Crippen LogP contribution in [0, 0.1) is 0 Å². The summed E-state index contributed by atoms with van der Waals surface area (Å²) in [6, 6.07) is 10.5. The molecule has 2 aromatic carbocycles.